The zero-order chi connectivity index (χ0) is 21.6. The molecule has 9 nitrogen and oxygen atoms in total. The van der Waals surface area contributed by atoms with Gasteiger partial charge in [-0.3, -0.25) is 9.55 Å². The Morgan fingerprint density at radius 1 is 0.875 bits per heavy atom. The Labute approximate surface area is 187 Å². The van der Waals surface area contributed by atoms with Crippen LogP contribution in [0, 0.1) is 0 Å². The van der Waals surface area contributed by atoms with Gasteiger partial charge in [-0.25, -0.2) is 19.9 Å². The first-order valence-corrected chi connectivity index (χ1v) is 11.1. The molecule has 1 fully saturated rings. The van der Waals surface area contributed by atoms with Gasteiger partial charge in [0.05, 0.1) is 12.2 Å². The van der Waals surface area contributed by atoms with Gasteiger partial charge < -0.3 is 15.5 Å². The topological polar surface area (TPSA) is 96.7 Å². The lowest BCUT2D eigenvalue weighted by atomic mass is 10.1. The molecule has 9 heteroatoms. The average molecular weight is 430 g/mol. The van der Waals surface area contributed by atoms with Crippen molar-refractivity contribution in [1.29, 1.82) is 0 Å². The Hall–Kier alpha value is -3.59. The molecule has 164 valence electrons. The van der Waals surface area contributed by atoms with Crippen LogP contribution in [0.1, 0.15) is 18.5 Å². The van der Waals surface area contributed by atoms with E-state index in [1.54, 1.807) is 12.4 Å². The second-order valence-corrected chi connectivity index (χ2v) is 7.95. The molecule has 32 heavy (non-hydrogen) atoms. The molecule has 4 aromatic heterocycles. The summed E-state index contributed by atoms with van der Waals surface area (Å²) < 4.78 is 2.13. The SMILES string of the molecule is c1ccc(Cn2c(NC3CCN(CCNc4ncccn4)CC3)nc3cccnc32)nc1. The number of hydrogen-bond donors (Lipinski definition) is 2. The van der Waals surface area contributed by atoms with Gasteiger partial charge in [0.2, 0.25) is 11.9 Å². The molecule has 0 aliphatic carbocycles. The minimum atomic E-state index is 0.385. The minimum absolute atomic E-state index is 0.385. The third-order valence-electron chi connectivity index (χ3n) is 5.75. The van der Waals surface area contributed by atoms with Crippen LogP contribution < -0.4 is 10.6 Å². The number of rotatable bonds is 8. The van der Waals surface area contributed by atoms with Crippen LogP contribution in [0.2, 0.25) is 0 Å². The molecule has 4 aromatic rings. The Morgan fingerprint density at radius 3 is 2.50 bits per heavy atom. The van der Waals surface area contributed by atoms with Crippen LogP contribution in [0.4, 0.5) is 11.9 Å². The van der Waals surface area contributed by atoms with Gasteiger partial charge >= 0.3 is 0 Å². The summed E-state index contributed by atoms with van der Waals surface area (Å²) in [6.45, 7) is 4.56. The van der Waals surface area contributed by atoms with Gasteiger partial charge in [-0.15, -0.1) is 0 Å². The molecular formula is C23H27N9. The second-order valence-electron chi connectivity index (χ2n) is 7.95. The molecular weight excluding hydrogens is 402 g/mol. The van der Waals surface area contributed by atoms with Crippen molar-refractivity contribution in [3.05, 3.63) is 66.9 Å². The molecule has 1 saturated heterocycles. The highest BCUT2D eigenvalue weighted by atomic mass is 15.3. The third-order valence-corrected chi connectivity index (χ3v) is 5.75. The zero-order valence-corrected chi connectivity index (χ0v) is 17.9. The van der Waals surface area contributed by atoms with Crippen molar-refractivity contribution < 1.29 is 0 Å². The number of nitrogens with one attached hydrogen (secondary N) is 2. The first kappa shape index (κ1) is 20.3. The molecule has 0 amide bonds. The summed E-state index contributed by atoms with van der Waals surface area (Å²) in [6.07, 6.45) is 9.29. The molecule has 5 rings (SSSR count). The summed E-state index contributed by atoms with van der Waals surface area (Å²) in [5.74, 6) is 1.55. The van der Waals surface area contributed by atoms with Crippen molar-refractivity contribution in [2.75, 3.05) is 36.8 Å². The molecule has 0 atom stereocenters. The maximum Gasteiger partial charge on any atom is 0.222 e. The van der Waals surface area contributed by atoms with Crippen molar-refractivity contribution >= 4 is 23.1 Å². The second kappa shape index (κ2) is 9.69. The third kappa shape index (κ3) is 4.83. The van der Waals surface area contributed by atoms with Gasteiger partial charge in [0.15, 0.2) is 5.65 Å². The van der Waals surface area contributed by atoms with Crippen LogP contribution in [-0.4, -0.2) is 66.6 Å². The van der Waals surface area contributed by atoms with Gasteiger partial charge in [-0.05, 0) is 43.2 Å². The largest absolute Gasteiger partial charge is 0.353 e. The van der Waals surface area contributed by atoms with Gasteiger partial charge in [0.1, 0.15) is 5.52 Å². The standard InChI is InChI=1S/C23H27N9/c1-2-9-24-19(5-1)17-32-21-20(6-3-10-25-21)30-23(32)29-18-7-14-31(15-8-18)16-13-28-22-26-11-4-12-27-22/h1-6,9-12,18H,7-8,13-17H2,(H,29,30)(H,26,27,28). The van der Waals surface area contributed by atoms with Crippen molar-refractivity contribution in [1.82, 2.24) is 34.4 Å². The maximum absolute atomic E-state index is 4.83. The highest BCUT2D eigenvalue weighted by Gasteiger charge is 2.21. The smallest absolute Gasteiger partial charge is 0.222 e. The fourth-order valence-corrected chi connectivity index (χ4v) is 4.07. The minimum Gasteiger partial charge on any atom is -0.353 e. The molecule has 5 heterocycles. The highest BCUT2D eigenvalue weighted by molar-refractivity contribution is 5.74. The summed E-state index contributed by atoms with van der Waals surface area (Å²) in [5.41, 5.74) is 2.77. The molecule has 0 aromatic carbocycles. The number of nitrogens with zero attached hydrogens (tertiary/aromatic N) is 7. The van der Waals surface area contributed by atoms with Crippen molar-refractivity contribution in [3.8, 4) is 0 Å². The molecule has 0 saturated carbocycles. The number of pyridine rings is 2. The van der Waals surface area contributed by atoms with E-state index in [0.717, 1.165) is 61.8 Å². The summed E-state index contributed by atoms with van der Waals surface area (Å²) in [6, 6.07) is 12.1. The predicted molar refractivity (Wildman–Crippen MR) is 124 cm³/mol. The Bertz CT molecular complexity index is 1120. The Kier molecular flexibility index (Phi) is 6.16. The van der Waals surface area contributed by atoms with Gasteiger partial charge in [0, 0.05) is 57.0 Å². The van der Waals surface area contributed by atoms with Crippen LogP contribution in [0.25, 0.3) is 11.2 Å². The highest BCUT2D eigenvalue weighted by Crippen LogP contribution is 2.22. The Morgan fingerprint density at radius 2 is 1.69 bits per heavy atom. The number of hydrogen-bond acceptors (Lipinski definition) is 8. The van der Waals surface area contributed by atoms with E-state index in [1.807, 2.05) is 48.8 Å². The van der Waals surface area contributed by atoms with E-state index in [-0.39, 0.29) is 0 Å². The summed E-state index contributed by atoms with van der Waals surface area (Å²) in [5, 5.41) is 6.97. The van der Waals surface area contributed by atoms with Gasteiger partial charge in [-0.1, -0.05) is 6.07 Å². The Balaban J connectivity index is 1.19. The van der Waals surface area contributed by atoms with Crippen LogP contribution >= 0.6 is 0 Å². The zero-order valence-electron chi connectivity index (χ0n) is 17.9. The monoisotopic (exact) mass is 429 g/mol. The van der Waals surface area contributed by atoms with Crippen LogP contribution in [-0.2, 0) is 6.54 Å². The van der Waals surface area contributed by atoms with E-state index in [1.165, 1.54) is 0 Å². The van der Waals surface area contributed by atoms with Crippen molar-refractivity contribution in [3.63, 3.8) is 0 Å². The first-order chi connectivity index (χ1) is 15.8. The molecule has 1 aliphatic heterocycles. The summed E-state index contributed by atoms with van der Waals surface area (Å²) in [7, 11) is 0. The number of piperidine rings is 1. The van der Waals surface area contributed by atoms with E-state index in [9.17, 15) is 0 Å². The van der Waals surface area contributed by atoms with E-state index in [4.69, 9.17) is 4.98 Å². The molecule has 1 aliphatic rings. The molecule has 2 N–H and O–H groups in total. The van der Waals surface area contributed by atoms with Crippen molar-refractivity contribution in [2.24, 2.45) is 0 Å². The number of imidazole rings is 1. The van der Waals surface area contributed by atoms with Gasteiger partial charge in [-0.2, -0.15) is 0 Å². The number of anilines is 2. The van der Waals surface area contributed by atoms with Crippen molar-refractivity contribution in [2.45, 2.75) is 25.4 Å². The lowest BCUT2D eigenvalue weighted by molar-refractivity contribution is 0.226. The number of aromatic nitrogens is 6. The fraction of sp³-hybridized carbons (Fsp3) is 0.348. The maximum atomic E-state index is 4.83. The van der Waals surface area contributed by atoms with E-state index in [0.29, 0.717) is 18.5 Å². The molecule has 0 bridgehead atoms. The lowest BCUT2D eigenvalue weighted by Crippen LogP contribution is -2.41. The van der Waals surface area contributed by atoms with E-state index in [2.05, 4.69) is 40.0 Å². The lowest BCUT2D eigenvalue weighted by Gasteiger charge is -2.32. The quantitative estimate of drug-likeness (QED) is 0.441. The fourth-order valence-electron chi connectivity index (χ4n) is 4.07. The van der Waals surface area contributed by atoms with E-state index >= 15 is 0 Å². The average Bonchev–Trinajstić information content (AvgIpc) is 3.18. The summed E-state index contributed by atoms with van der Waals surface area (Å²) >= 11 is 0. The van der Waals surface area contributed by atoms with Gasteiger partial charge in [0.25, 0.3) is 0 Å². The summed E-state index contributed by atoms with van der Waals surface area (Å²) in [4.78, 5) is 24.8. The van der Waals surface area contributed by atoms with Crippen LogP contribution in [0.15, 0.2) is 61.2 Å². The van der Waals surface area contributed by atoms with Crippen LogP contribution in [0.3, 0.4) is 0 Å². The normalized spacial score (nSPS) is 15.1. The first-order valence-electron chi connectivity index (χ1n) is 11.1. The molecule has 0 unspecified atom stereocenters. The predicted octanol–water partition coefficient (Wildman–Crippen LogP) is 2.65. The molecule has 0 radical (unpaired) electrons. The van der Waals surface area contributed by atoms with Crippen LogP contribution in [0.5, 0.6) is 0 Å². The van der Waals surface area contributed by atoms with E-state index < -0.39 is 0 Å². The number of fused-ring (bicyclic) bond motifs is 1. The number of likely N-dealkylation sites (tertiary alicyclic amines) is 1. The molecule has 0 spiro atoms.